The van der Waals surface area contributed by atoms with Gasteiger partial charge >= 0.3 is 0 Å². The first-order valence-corrected chi connectivity index (χ1v) is 7.48. The lowest BCUT2D eigenvalue weighted by molar-refractivity contribution is -0.121. The molecule has 0 unspecified atom stereocenters. The highest BCUT2D eigenvalue weighted by atomic mass is 32.2. The van der Waals surface area contributed by atoms with E-state index in [2.05, 4.69) is 17.1 Å². The quantitative estimate of drug-likeness (QED) is 0.616. The van der Waals surface area contributed by atoms with Gasteiger partial charge in [-0.25, -0.2) is 0 Å². The molecule has 0 bridgehead atoms. The van der Waals surface area contributed by atoms with E-state index in [0.717, 1.165) is 15.6 Å². The molecule has 1 aliphatic rings. The average Bonchev–Trinajstić information content (AvgIpc) is 2.67. The SMILES string of the molecule is CN=C1S/C(=C/c2ccc(SC)cc2)C(=O)N1C. The lowest BCUT2D eigenvalue weighted by atomic mass is 10.2. The van der Waals surface area contributed by atoms with Gasteiger partial charge in [-0.05, 0) is 41.8 Å². The molecule has 1 aliphatic heterocycles. The van der Waals surface area contributed by atoms with Crippen LogP contribution in [-0.4, -0.2) is 36.3 Å². The van der Waals surface area contributed by atoms with Gasteiger partial charge in [0.25, 0.3) is 5.91 Å². The molecule has 1 aromatic rings. The largest absolute Gasteiger partial charge is 0.290 e. The van der Waals surface area contributed by atoms with Gasteiger partial charge in [0.15, 0.2) is 5.17 Å². The van der Waals surface area contributed by atoms with E-state index in [1.165, 1.54) is 16.7 Å². The zero-order valence-electron chi connectivity index (χ0n) is 10.5. The van der Waals surface area contributed by atoms with Crippen LogP contribution in [0.3, 0.4) is 0 Å². The van der Waals surface area contributed by atoms with Gasteiger partial charge in [0.1, 0.15) is 0 Å². The number of thioether (sulfide) groups is 2. The molecule has 2 rings (SSSR count). The maximum atomic E-state index is 12.0. The van der Waals surface area contributed by atoms with Gasteiger partial charge in [-0.2, -0.15) is 0 Å². The van der Waals surface area contributed by atoms with Crippen molar-refractivity contribution in [3.05, 3.63) is 34.7 Å². The summed E-state index contributed by atoms with van der Waals surface area (Å²) in [5, 5.41) is 0.743. The van der Waals surface area contributed by atoms with Crippen LogP contribution in [0.2, 0.25) is 0 Å². The molecular formula is C13H14N2OS2. The van der Waals surface area contributed by atoms with Crippen LogP contribution in [0.4, 0.5) is 0 Å². The van der Waals surface area contributed by atoms with Crippen LogP contribution in [0.25, 0.3) is 6.08 Å². The second kappa shape index (κ2) is 5.63. The average molecular weight is 278 g/mol. The normalized spacial score (nSPS) is 20.2. The van der Waals surface area contributed by atoms with Crippen molar-refractivity contribution >= 4 is 40.7 Å². The van der Waals surface area contributed by atoms with Crippen molar-refractivity contribution in [1.29, 1.82) is 0 Å². The fourth-order valence-corrected chi connectivity index (χ4v) is 2.94. The zero-order valence-corrected chi connectivity index (χ0v) is 12.1. The molecule has 1 heterocycles. The Morgan fingerprint density at radius 2 is 2.00 bits per heavy atom. The number of carbonyl (C=O) groups excluding carboxylic acids is 1. The number of hydrogen-bond acceptors (Lipinski definition) is 4. The van der Waals surface area contributed by atoms with E-state index in [9.17, 15) is 4.79 Å². The number of nitrogens with zero attached hydrogens (tertiary/aromatic N) is 2. The molecule has 0 spiro atoms. The lowest BCUT2D eigenvalue weighted by Gasteiger charge is -2.05. The van der Waals surface area contributed by atoms with Crippen molar-refractivity contribution < 1.29 is 4.79 Å². The number of amidine groups is 1. The highest BCUT2D eigenvalue weighted by Crippen LogP contribution is 2.31. The maximum Gasteiger partial charge on any atom is 0.266 e. The minimum atomic E-state index is 0.00884. The number of aliphatic imine (C=N–C) groups is 1. The number of carbonyl (C=O) groups is 1. The van der Waals surface area contributed by atoms with Crippen LogP contribution in [0, 0.1) is 0 Å². The molecule has 0 atom stereocenters. The molecule has 3 nitrogen and oxygen atoms in total. The molecule has 94 valence electrons. The molecular weight excluding hydrogens is 264 g/mol. The Morgan fingerprint density at radius 1 is 1.33 bits per heavy atom. The number of hydrogen-bond donors (Lipinski definition) is 0. The third-order valence-electron chi connectivity index (χ3n) is 2.61. The van der Waals surface area contributed by atoms with Crippen molar-refractivity contribution in [1.82, 2.24) is 4.90 Å². The topological polar surface area (TPSA) is 32.7 Å². The van der Waals surface area contributed by atoms with Crippen LogP contribution in [0.1, 0.15) is 5.56 Å². The third kappa shape index (κ3) is 2.62. The Morgan fingerprint density at radius 3 is 2.50 bits per heavy atom. The maximum absolute atomic E-state index is 12.0. The van der Waals surface area contributed by atoms with Gasteiger partial charge in [0.2, 0.25) is 0 Å². The first kappa shape index (κ1) is 13.2. The summed E-state index contributed by atoms with van der Waals surface area (Å²) in [5.41, 5.74) is 1.04. The predicted octanol–water partition coefficient (Wildman–Crippen LogP) is 2.94. The summed E-state index contributed by atoms with van der Waals surface area (Å²) in [6, 6.07) is 8.15. The Labute approximate surface area is 115 Å². The molecule has 1 fully saturated rings. The van der Waals surface area contributed by atoms with Crippen molar-refractivity contribution in [2.45, 2.75) is 4.90 Å². The monoisotopic (exact) mass is 278 g/mol. The summed E-state index contributed by atoms with van der Waals surface area (Å²) < 4.78 is 0. The Hall–Kier alpha value is -1.20. The Balaban J connectivity index is 2.26. The van der Waals surface area contributed by atoms with Crippen LogP contribution in [0.15, 0.2) is 39.1 Å². The van der Waals surface area contributed by atoms with Crippen molar-refractivity contribution in [3.8, 4) is 0 Å². The van der Waals surface area contributed by atoms with Gasteiger partial charge in [-0.15, -0.1) is 11.8 Å². The highest BCUT2D eigenvalue weighted by molar-refractivity contribution is 8.18. The van der Waals surface area contributed by atoms with Crippen LogP contribution >= 0.6 is 23.5 Å². The van der Waals surface area contributed by atoms with Crippen LogP contribution in [-0.2, 0) is 4.79 Å². The minimum Gasteiger partial charge on any atom is -0.290 e. The number of benzene rings is 1. The first-order valence-electron chi connectivity index (χ1n) is 5.44. The molecule has 1 aromatic carbocycles. The van der Waals surface area contributed by atoms with Gasteiger partial charge in [-0.1, -0.05) is 12.1 Å². The fraction of sp³-hybridized carbons (Fsp3) is 0.231. The lowest BCUT2D eigenvalue weighted by Crippen LogP contribution is -2.23. The molecule has 0 N–H and O–H groups in total. The molecule has 0 aliphatic carbocycles. The van der Waals surface area contributed by atoms with E-state index < -0.39 is 0 Å². The van der Waals surface area contributed by atoms with Crippen molar-refractivity contribution in [2.75, 3.05) is 20.4 Å². The van der Waals surface area contributed by atoms with Gasteiger partial charge in [0.05, 0.1) is 4.91 Å². The number of rotatable bonds is 2. The number of likely N-dealkylation sites (N-methyl/N-ethyl adjacent to an activating group) is 1. The molecule has 1 saturated heterocycles. The summed E-state index contributed by atoms with van der Waals surface area (Å²) in [6.07, 6.45) is 3.95. The van der Waals surface area contributed by atoms with Crippen LogP contribution < -0.4 is 0 Å². The van der Waals surface area contributed by atoms with Gasteiger partial charge in [0, 0.05) is 19.0 Å². The summed E-state index contributed by atoms with van der Waals surface area (Å²) in [4.78, 5) is 19.5. The summed E-state index contributed by atoms with van der Waals surface area (Å²) in [5.74, 6) is 0.00884. The van der Waals surface area contributed by atoms with E-state index >= 15 is 0 Å². The van der Waals surface area contributed by atoms with E-state index in [1.807, 2.05) is 24.5 Å². The predicted molar refractivity (Wildman–Crippen MR) is 79.9 cm³/mol. The molecule has 0 aromatic heterocycles. The van der Waals surface area contributed by atoms with E-state index in [4.69, 9.17) is 0 Å². The summed E-state index contributed by atoms with van der Waals surface area (Å²) in [7, 11) is 3.44. The number of amides is 1. The van der Waals surface area contributed by atoms with E-state index in [1.54, 1.807) is 30.8 Å². The molecule has 1 amide bonds. The second-order valence-electron chi connectivity index (χ2n) is 3.75. The van der Waals surface area contributed by atoms with E-state index in [-0.39, 0.29) is 5.91 Å². The Kier molecular flexibility index (Phi) is 4.14. The molecule has 0 radical (unpaired) electrons. The second-order valence-corrected chi connectivity index (χ2v) is 5.64. The van der Waals surface area contributed by atoms with Gasteiger partial charge < -0.3 is 0 Å². The standard InChI is InChI=1S/C13H14N2OS2/c1-14-13-15(2)12(16)11(18-13)8-9-4-6-10(17-3)7-5-9/h4-8H,1-3H3/b11-8+,14-13?. The summed E-state index contributed by atoms with van der Waals surface area (Å²) in [6.45, 7) is 0. The molecule has 5 heteroatoms. The molecule has 18 heavy (non-hydrogen) atoms. The van der Waals surface area contributed by atoms with Gasteiger partial charge in [-0.3, -0.25) is 14.7 Å². The Bertz CT molecular complexity index is 520. The van der Waals surface area contributed by atoms with E-state index in [0.29, 0.717) is 0 Å². The highest BCUT2D eigenvalue weighted by Gasteiger charge is 2.29. The summed E-state index contributed by atoms with van der Waals surface area (Å²) >= 11 is 3.12. The first-order chi connectivity index (χ1) is 8.65. The smallest absolute Gasteiger partial charge is 0.266 e. The van der Waals surface area contributed by atoms with Crippen molar-refractivity contribution in [2.24, 2.45) is 4.99 Å². The molecule has 0 saturated carbocycles. The third-order valence-corrected chi connectivity index (χ3v) is 4.50. The van der Waals surface area contributed by atoms with Crippen LogP contribution in [0.5, 0.6) is 0 Å². The van der Waals surface area contributed by atoms with Crippen molar-refractivity contribution in [3.63, 3.8) is 0 Å². The fourth-order valence-electron chi connectivity index (χ4n) is 1.60. The minimum absolute atomic E-state index is 0.00884. The zero-order chi connectivity index (χ0) is 13.1.